The summed E-state index contributed by atoms with van der Waals surface area (Å²) in [5.41, 5.74) is 14.1. The third-order valence-corrected chi connectivity index (χ3v) is 3.02. The molecule has 0 amide bonds. The molecule has 2 aromatic rings. The zero-order valence-corrected chi connectivity index (χ0v) is 9.99. The number of aryl methyl sites for hydroxylation is 1. The third-order valence-electron chi connectivity index (χ3n) is 3.02. The predicted octanol–water partition coefficient (Wildman–Crippen LogP) is 1.07. The van der Waals surface area contributed by atoms with Crippen LogP contribution in [0.4, 0.5) is 11.6 Å². The van der Waals surface area contributed by atoms with E-state index in [1.807, 2.05) is 48.5 Å². The quantitative estimate of drug-likeness (QED) is 0.781. The van der Waals surface area contributed by atoms with E-state index in [-0.39, 0.29) is 6.17 Å². The van der Waals surface area contributed by atoms with Crippen LogP contribution in [0.25, 0.3) is 6.20 Å². The minimum atomic E-state index is -0.387. The summed E-state index contributed by atoms with van der Waals surface area (Å²) in [5, 5.41) is 7.82. The third kappa shape index (κ3) is 1.54. The summed E-state index contributed by atoms with van der Waals surface area (Å²) in [6.07, 6.45) is 3.30. The maximum absolute atomic E-state index is 6.17. The van der Waals surface area contributed by atoms with Gasteiger partial charge in [-0.05, 0) is 19.1 Å². The lowest BCUT2D eigenvalue weighted by Crippen LogP contribution is -2.35. The predicted molar refractivity (Wildman–Crippen MR) is 70.4 cm³/mol. The van der Waals surface area contributed by atoms with Crippen LogP contribution in [0.15, 0.2) is 30.5 Å². The molecule has 0 saturated carbocycles. The Hall–Kier alpha value is -2.34. The standard InChI is InChI=1S/C12H14N6/c1-8-2-4-9(5-3-8)17-6-7-18-11(10(17)13)15-16-12(18)14/h2-7,10H,13H2,1H3,(H2,14,16). The highest BCUT2D eigenvalue weighted by Gasteiger charge is 2.24. The van der Waals surface area contributed by atoms with Gasteiger partial charge in [0.15, 0.2) is 5.82 Å². The molecule has 6 heteroatoms. The Morgan fingerprint density at radius 2 is 1.83 bits per heavy atom. The number of aromatic nitrogens is 3. The van der Waals surface area contributed by atoms with Gasteiger partial charge in [0.1, 0.15) is 6.17 Å². The Morgan fingerprint density at radius 1 is 1.11 bits per heavy atom. The summed E-state index contributed by atoms with van der Waals surface area (Å²) in [5.74, 6) is 0.982. The van der Waals surface area contributed by atoms with Gasteiger partial charge >= 0.3 is 0 Å². The first-order valence-corrected chi connectivity index (χ1v) is 5.66. The minimum Gasteiger partial charge on any atom is -0.368 e. The highest BCUT2D eigenvalue weighted by Crippen LogP contribution is 2.27. The monoisotopic (exact) mass is 242 g/mol. The van der Waals surface area contributed by atoms with Crippen LogP contribution in [0.5, 0.6) is 0 Å². The van der Waals surface area contributed by atoms with Gasteiger partial charge < -0.3 is 16.4 Å². The van der Waals surface area contributed by atoms with E-state index >= 15 is 0 Å². The lowest BCUT2D eigenvalue weighted by Gasteiger charge is -2.29. The maximum Gasteiger partial charge on any atom is 0.226 e. The highest BCUT2D eigenvalue weighted by atomic mass is 15.4. The fourth-order valence-corrected chi connectivity index (χ4v) is 1.99. The van der Waals surface area contributed by atoms with Crippen molar-refractivity contribution in [1.29, 1.82) is 0 Å². The van der Waals surface area contributed by atoms with Gasteiger partial charge in [-0.3, -0.25) is 4.57 Å². The minimum absolute atomic E-state index is 0.347. The Bertz CT molecular complexity index is 598. The number of nitrogens with zero attached hydrogens (tertiary/aromatic N) is 4. The molecule has 0 saturated heterocycles. The number of fused-ring (bicyclic) bond motifs is 1. The van der Waals surface area contributed by atoms with E-state index in [0.29, 0.717) is 11.8 Å². The molecular weight excluding hydrogens is 228 g/mol. The van der Waals surface area contributed by atoms with Crippen molar-refractivity contribution in [2.45, 2.75) is 13.1 Å². The lowest BCUT2D eigenvalue weighted by atomic mass is 10.2. The van der Waals surface area contributed by atoms with Crippen molar-refractivity contribution in [2.75, 3.05) is 10.6 Å². The molecule has 3 rings (SSSR count). The number of nitrogen functional groups attached to an aromatic ring is 1. The highest BCUT2D eigenvalue weighted by molar-refractivity contribution is 5.57. The first-order chi connectivity index (χ1) is 8.66. The number of benzene rings is 1. The second kappa shape index (κ2) is 3.85. The number of hydrogen-bond acceptors (Lipinski definition) is 5. The van der Waals surface area contributed by atoms with Crippen molar-refractivity contribution in [2.24, 2.45) is 5.73 Å². The Balaban J connectivity index is 2.00. The molecule has 0 aliphatic carbocycles. The Morgan fingerprint density at radius 3 is 2.56 bits per heavy atom. The van der Waals surface area contributed by atoms with Crippen molar-refractivity contribution in [3.8, 4) is 0 Å². The van der Waals surface area contributed by atoms with Crippen LogP contribution in [0.2, 0.25) is 0 Å². The van der Waals surface area contributed by atoms with Crippen LogP contribution in [0, 0.1) is 6.92 Å². The SMILES string of the molecule is Cc1ccc(N2C=Cn3c(N)nnc3C2N)cc1. The molecule has 0 spiro atoms. The van der Waals surface area contributed by atoms with E-state index < -0.39 is 0 Å². The van der Waals surface area contributed by atoms with Crippen LogP contribution in [-0.4, -0.2) is 14.8 Å². The maximum atomic E-state index is 6.17. The van der Waals surface area contributed by atoms with Crippen LogP contribution in [0.1, 0.15) is 17.6 Å². The number of anilines is 2. The van der Waals surface area contributed by atoms with E-state index in [9.17, 15) is 0 Å². The molecule has 1 aliphatic heterocycles. The summed E-state index contributed by atoms with van der Waals surface area (Å²) in [6, 6.07) is 8.14. The lowest BCUT2D eigenvalue weighted by molar-refractivity contribution is 0.649. The van der Waals surface area contributed by atoms with E-state index in [1.54, 1.807) is 4.57 Å². The zero-order valence-electron chi connectivity index (χ0n) is 9.99. The Kier molecular flexibility index (Phi) is 2.31. The van der Waals surface area contributed by atoms with Crippen LogP contribution < -0.4 is 16.4 Å². The van der Waals surface area contributed by atoms with Gasteiger partial charge in [0, 0.05) is 18.1 Å². The summed E-state index contributed by atoms with van der Waals surface area (Å²) < 4.78 is 1.69. The summed E-state index contributed by atoms with van der Waals surface area (Å²) in [7, 11) is 0. The molecule has 1 unspecified atom stereocenters. The second-order valence-corrected chi connectivity index (χ2v) is 4.27. The fraction of sp³-hybridized carbons (Fsp3) is 0.167. The van der Waals surface area contributed by atoms with Gasteiger partial charge in [-0.2, -0.15) is 0 Å². The molecule has 92 valence electrons. The van der Waals surface area contributed by atoms with Gasteiger partial charge in [0.2, 0.25) is 5.95 Å². The van der Waals surface area contributed by atoms with Crippen LogP contribution in [-0.2, 0) is 0 Å². The number of nitrogens with two attached hydrogens (primary N) is 2. The molecule has 1 aliphatic rings. The van der Waals surface area contributed by atoms with Crippen molar-refractivity contribution < 1.29 is 0 Å². The normalized spacial score (nSPS) is 17.9. The van der Waals surface area contributed by atoms with Crippen LogP contribution in [0.3, 0.4) is 0 Å². The van der Waals surface area contributed by atoms with Gasteiger partial charge in [0.05, 0.1) is 0 Å². The summed E-state index contributed by atoms with van der Waals surface area (Å²) in [4.78, 5) is 1.93. The van der Waals surface area contributed by atoms with Gasteiger partial charge in [-0.25, -0.2) is 0 Å². The molecule has 2 heterocycles. The van der Waals surface area contributed by atoms with E-state index in [4.69, 9.17) is 11.5 Å². The van der Waals surface area contributed by atoms with Crippen molar-refractivity contribution in [3.63, 3.8) is 0 Å². The number of rotatable bonds is 1. The molecule has 0 radical (unpaired) electrons. The Labute approximate surface area is 105 Å². The molecule has 18 heavy (non-hydrogen) atoms. The van der Waals surface area contributed by atoms with Crippen molar-refractivity contribution >= 4 is 17.8 Å². The van der Waals surface area contributed by atoms with E-state index in [2.05, 4.69) is 10.2 Å². The zero-order chi connectivity index (χ0) is 12.7. The molecule has 1 aromatic carbocycles. The molecule has 1 aromatic heterocycles. The topological polar surface area (TPSA) is 86.0 Å². The summed E-state index contributed by atoms with van der Waals surface area (Å²) in [6.45, 7) is 2.05. The van der Waals surface area contributed by atoms with E-state index in [0.717, 1.165) is 5.69 Å². The van der Waals surface area contributed by atoms with Gasteiger partial charge in [0.25, 0.3) is 0 Å². The smallest absolute Gasteiger partial charge is 0.226 e. The van der Waals surface area contributed by atoms with E-state index in [1.165, 1.54) is 5.56 Å². The first kappa shape index (κ1) is 10.8. The molecular formula is C12H14N6. The number of hydrogen-bond donors (Lipinski definition) is 2. The average Bonchev–Trinajstić information content (AvgIpc) is 2.74. The van der Waals surface area contributed by atoms with Crippen LogP contribution >= 0.6 is 0 Å². The largest absolute Gasteiger partial charge is 0.368 e. The van der Waals surface area contributed by atoms with Gasteiger partial charge in [-0.15, -0.1) is 10.2 Å². The second-order valence-electron chi connectivity index (χ2n) is 4.27. The first-order valence-electron chi connectivity index (χ1n) is 5.66. The fourth-order valence-electron chi connectivity index (χ4n) is 1.99. The van der Waals surface area contributed by atoms with Crippen molar-refractivity contribution in [3.05, 3.63) is 41.9 Å². The van der Waals surface area contributed by atoms with Gasteiger partial charge in [-0.1, -0.05) is 17.7 Å². The molecule has 0 bridgehead atoms. The molecule has 4 N–H and O–H groups in total. The molecule has 6 nitrogen and oxygen atoms in total. The van der Waals surface area contributed by atoms with Crippen molar-refractivity contribution in [1.82, 2.24) is 14.8 Å². The molecule has 1 atom stereocenters. The average molecular weight is 242 g/mol. The summed E-state index contributed by atoms with van der Waals surface area (Å²) >= 11 is 0. The molecule has 0 fully saturated rings.